The van der Waals surface area contributed by atoms with Crippen molar-refractivity contribution in [2.24, 2.45) is 0 Å². The molecule has 0 heterocycles. The van der Waals surface area contributed by atoms with Crippen LogP contribution in [0.1, 0.15) is 6.92 Å². The Labute approximate surface area is 59.9 Å². The van der Waals surface area contributed by atoms with Crippen LogP contribution in [-0.4, -0.2) is 6.30 Å². The van der Waals surface area contributed by atoms with Gasteiger partial charge in [0.05, 0.1) is 0 Å². The van der Waals surface area contributed by atoms with Crippen molar-refractivity contribution in [2.75, 3.05) is 5.32 Å². The highest BCUT2D eigenvalue weighted by molar-refractivity contribution is 5.42. The molecule has 1 rings (SSSR count). The summed E-state index contributed by atoms with van der Waals surface area (Å²) in [5.74, 6) is 0. The summed E-state index contributed by atoms with van der Waals surface area (Å²) >= 11 is 0. The van der Waals surface area contributed by atoms with Crippen molar-refractivity contribution in [3.8, 4) is 0 Å². The van der Waals surface area contributed by atoms with Gasteiger partial charge >= 0.3 is 0 Å². The van der Waals surface area contributed by atoms with Crippen LogP contribution in [-0.2, 0) is 0 Å². The Hall–Kier alpha value is -1.05. The zero-order valence-electron chi connectivity index (χ0n) is 5.84. The lowest BCUT2D eigenvalue weighted by Crippen LogP contribution is -2.07. The molecule has 1 aromatic rings. The molecular formula is C8H10FN. The van der Waals surface area contributed by atoms with E-state index in [0.29, 0.717) is 0 Å². The molecular weight excluding hydrogens is 129 g/mol. The number of hydrogen-bond donors (Lipinski definition) is 1. The van der Waals surface area contributed by atoms with Crippen LogP contribution >= 0.6 is 0 Å². The zero-order chi connectivity index (χ0) is 7.40. The standard InChI is InChI=1S/C8H10FN/c1-7(9)10-8-5-3-2-4-6-8/h2-7,10H,1H3. The van der Waals surface area contributed by atoms with Crippen molar-refractivity contribution in [2.45, 2.75) is 13.2 Å². The van der Waals surface area contributed by atoms with Crippen LogP contribution in [0, 0.1) is 0 Å². The highest BCUT2D eigenvalue weighted by atomic mass is 19.1. The van der Waals surface area contributed by atoms with Gasteiger partial charge in [-0.05, 0) is 19.1 Å². The smallest absolute Gasteiger partial charge is 0.167 e. The van der Waals surface area contributed by atoms with Gasteiger partial charge in [0.1, 0.15) is 0 Å². The molecule has 1 unspecified atom stereocenters. The molecule has 10 heavy (non-hydrogen) atoms. The van der Waals surface area contributed by atoms with E-state index in [1.54, 1.807) is 0 Å². The lowest BCUT2D eigenvalue weighted by molar-refractivity contribution is 0.402. The number of para-hydroxylation sites is 1. The third-order valence-corrected chi connectivity index (χ3v) is 1.14. The first kappa shape index (κ1) is 7.06. The van der Waals surface area contributed by atoms with Gasteiger partial charge in [0.2, 0.25) is 0 Å². The molecule has 1 N–H and O–H groups in total. The Balaban J connectivity index is 2.59. The van der Waals surface area contributed by atoms with E-state index in [1.165, 1.54) is 6.92 Å². The van der Waals surface area contributed by atoms with Crippen molar-refractivity contribution in [1.29, 1.82) is 0 Å². The maximum atomic E-state index is 12.3. The van der Waals surface area contributed by atoms with Gasteiger partial charge in [-0.3, -0.25) is 0 Å². The summed E-state index contributed by atoms with van der Waals surface area (Å²) < 4.78 is 12.3. The third kappa shape index (κ3) is 2.05. The number of anilines is 1. The Bertz CT molecular complexity index is 184. The van der Waals surface area contributed by atoms with Crippen LogP contribution < -0.4 is 5.32 Å². The van der Waals surface area contributed by atoms with E-state index in [4.69, 9.17) is 0 Å². The van der Waals surface area contributed by atoms with Gasteiger partial charge in [0.25, 0.3) is 0 Å². The maximum Gasteiger partial charge on any atom is 0.167 e. The molecule has 0 aliphatic heterocycles. The third-order valence-electron chi connectivity index (χ3n) is 1.14. The number of hydrogen-bond acceptors (Lipinski definition) is 1. The van der Waals surface area contributed by atoms with Crippen LogP contribution in [0.4, 0.5) is 10.1 Å². The van der Waals surface area contributed by atoms with Gasteiger partial charge in [-0.2, -0.15) is 0 Å². The minimum absolute atomic E-state index is 0.817. The summed E-state index contributed by atoms with van der Waals surface area (Å²) in [6, 6.07) is 9.29. The molecule has 1 atom stereocenters. The van der Waals surface area contributed by atoms with E-state index in [-0.39, 0.29) is 0 Å². The molecule has 0 aliphatic carbocycles. The van der Waals surface area contributed by atoms with E-state index < -0.39 is 6.30 Å². The molecule has 1 aromatic carbocycles. The molecule has 0 saturated carbocycles. The van der Waals surface area contributed by atoms with Gasteiger partial charge in [0.15, 0.2) is 6.30 Å². The number of benzene rings is 1. The Kier molecular flexibility index (Phi) is 2.26. The SMILES string of the molecule is CC(F)Nc1ccccc1. The number of alkyl halides is 1. The molecule has 0 aromatic heterocycles. The van der Waals surface area contributed by atoms with Crippen LogP contribution in [0.25, 0.3) is 0 Å². The van der Waals surface area contributed by atoms with Crippen molar-refractivity contribution in [1.82, 2.24) is 0 Å². The number of halogens is 1. The maximum absolute atomic E-state index is 12.3. The topological polar surface area (TPSA) is 12.0 Å². The summed E-state index contributed by atoms with van der Waals surface area (Å²) in [5.41, 5.74) is 0.817. The summed E-state index contributed by atoms with van der Waals surface area (Å²) in [6.45, 7) is 1.47. The first-order valence-electron chi connectivity index (χ1n) is 3.24. The average Bonchev–Trinajstić information content (AvgIpc) is 1.88. The first-order valence-corrected chi connectivity index (χ1v) is 3.24. The summed E-state index contributed by atoms with van der Waals surface area (Å²) in [7, 11) is 0. The number of nitrogens with one attached hydrogen (secondary N) is 1. The average molecular weight is 139 g/mol. The van der Waals surface area contributed by atoms with E-state index in [0.717, 1.165) is 5.69 Å². The quantitative estimate of drug-likeness (QED) is 0.620. The van der Waals surface area contributed by atoms with E-state index in [2.05, 4.69) is 5.32 Å². The van der Waals surface area contributed by atoms with Crippen molar-refractivity contribution >= 4 is 5.69 Å². The van der Waals surface area contributed by atoms with Crippen molar-refractivity contribution in [3.05, 3.63) is 30.3 Å². The predicted octanol–water partition coefficient (Wildman–Crippen LogP) is 2.41. The molecule has 0 fully saturated rings. The second-order valence-electron chi connectivity index (χ2n) is 2.13. The van der Waals surface area contributed by atoms with Crippen molar-refractivity contribution in [3.63, 3.8) is 0 Å². The fourth-order valence-corrected chi connectivity index (χ4v) is 0.764. The molecule has 54 valence electrons. The molecule has 0 spiro atoms. The second kappa shape index (κ2) is 3.20. The van der Waals surface area contributed by atoms with Gasteiger partial charge in [-0.15, -0.1) is 0 Å². The normalized spacial score (nSPS) is 12.6. The molecule has 0 radical (unpaired) electrons. The number of rotatable bonds is 2. The van der Waals surface area contributed by atoms with Crippen LogP contribution in [0.2, 0.25) is 0 Å². The molecule has 1 nitrogen and oxygen atoms in total. The zero-order valence-corrected chi connectivity index (χ0v) is 5.84. The van der Waals surface area contributed by atoms with Crippen LogP contribution in [0.3, 0.4) is 0 Å². The van der Waals surface area contributed by atoms with Gasteiger partial charge in [-0.25, -0.2) is 4.39 Å². The lowest BCUT2D eigenvalue weighted by atomic mass is 10.3. The Morgan fingerprint density at radius 2 is 1.90 bits per heavy atom. The highest BCUT2D eigenvalue weighted by Crippen LogP contribution is 2.06. The van der Waals surface area contributed by atoms with E-state index in [1.807, 2.05) is 30.3 Å². The van der Waals surface area contributed by atoms with Gasteiger partial charge < -0.3 is 5.32 Å². The predicted molar refractivity (Wildman–Crippen MR) is 40.6 cm³/mol. The van der Waals surface area contributed by atoms with E-state index in [9.17, 15) is 4.39 Å². The summed E-state index contributed by atoms with van der Waals surface area (Å²) in [5, 5.41) is 2.64. The summed E-state index contributed by atoms with van der Waals surface area (Å²) in [4.78, 5) is 0. The first-order chi connectivity index (χ1) is 4.79. The fourth-order valence-electron chi connectivity index (χ4n) is 0.764. The molecule has 2 heteroatoms. The Morgan fingerprint density at radius 1 is 1.30 bits per heavy atom. The van der Waals surface area contributed by atoms with Gasteiger partial charge in [0, 0.05) is 5.69 Å². The van der Waals surface area contributed by atoms with Crippen molar-refractivity contribution < 1.29 is 4.39 Å². The van der Waals surface area contributed by atoms with Gasteiger partial charge in [-0.1, -0.05) is 18.2 Å². The highest BCUT2D eigenvalue weighted by Gasteiger charge is 1.94. The monoisotopic (exact) mass is 139 g/mol. The lowest BCUT2D eigenvalue weighted by Gasteiger charge is -2.05. The fraction of sp³-hybridized carbons (Fsp3) is 0.250. The largest absolute Gasteiger partial charge is 0.356 e. The summed E-state index contributed by atoms with van der Waals surface area (Å²) in [6.07, 6.45) is -0.984. The molecule has 0 bridgehead atoms. The van der Waals surface area contributed by atoms with Crippen LogP contribution in [0.15, 0.2) is 30.3 Å². The minimum atomic E-state index is -0.984. The Morgan fingerprint density at radius 3 is 2.40 bits per heavy atom. The molecule has 0 saturated heterocycles. The van der Waals surface area contributed by atoms with Crippen LogP contribution in [0.5, 0.6) is 0 Å². The molecule has 0 amide bonds. The van der Waals surface area contributed by atoms with E-state index >= 15 is 0 Å². The minimum Gasteiger partial charge on any atom is -0.356 e. The second-order valence-corrected chi connectivity index (χ2v) is 2.13. The molecule has 0 aliphatic rings.